The van der Waals surface area contributed by atoms with Crippen LogP contribution in [0.25, 0.3) is 0 Å². The molecule has 0 unspecified atom stereocenters. The summed E-state index contributed by atoms with van der Waals surface area (Å²) >= 11 is 0. The Balaban J connectivity index is 2.58. The fourth-order valence-corrected chi connectivity index (χ4v) is 0.960. The average Bonchev–Trinajstić information content (AvgIpc) is 2.16. The highest BCUT2D eigenvalue weighted by Crippen LogP contribution is 2.14. The molecule has 2 N–H and O–H groups in total. The third-order valence-corrected chi connectivity index (χ3v) is 1.75. The van der Waals surface area contributed by atoms with E-state index in [0.717, 1.165) is 0 Å². The number of hydrogen-bond acceptors (Lipinski definition) is 3. The Morgan fingerprint density at radius 1 is 1.36 bits per heavy atom. The zero-order valence-corrected chi connectivity index (χ0v) is 7.78. The van der Waals surface area contributed by atoms with Gasteiger partial charge in [0, 0.05) is 19.0 Å². The summed E-state index contributed by atoms with van der Waals surface area (Å²) in [6, 6.07) is 6.63. The van der Waals surface area contributed by atoms with Crippen LogP contribution in [0, 0.1) is 0 Å². The summed E-state index contributed by atoms with van der Waals surface area (Å²) in [5.74, 6) is -1.08. The number of hydrogen-bond donors (Lipinski definition) is 2. The standard InChI is InChI=1S/C10H11NO3/c1-7(12)10(14)11-6-8-4-2-3-5-9(8)13/h2-5,13H,6H2,1H3,(H,11,14). The normalized spacial score (nSPS) is 9.50. The maximum atomic E-state index is 10.9. The van der Waals surface area contributed by atoms with Gasteiger partial charge in [-0.25, -0.2) is 0 Å². The molecule has 0 aliphatic rings. The van der Waals surface area contributed by atoms with Gasteiger partial charge in [0.05, 0.1) is 0 Å². The van der Waals surface area contributed by atoms with Crippen molar-refractivity contribution in [2.24, 2.45) is 0 Å². The molecule has 1 amide bonds. The summed E-state index contributed by atoms with van der Waals surface area (Å²) in [7, 11) is 0. The van der Waals surface area contributed by atoms with Gasteiger partial charge >= 0.3 is 0 Å². The lowest BCUT2D eigenvalue weighted by Gasteiger charge is -2.04. The maximum Gasteiger partial charge on any atom is 0.287 e. The molecule has 0 radical (unpaired) electrons. The fourth-order valence-electron chi connectivity index (χ4n) is 0.960. The number of phenols is 1. The van der Waals surface area contributed by atoms with Gasteiger partial charge in [0.15, 0.2) is 0 Å². The molecule has 0 atom stereocenters. The van der Waals surface area contributed by atoms with Crippen molar-refractivity contribution in [3.05, 3.63) is 29.8 Å². The number of rotatable bonds is 3. The van der Waals surface area contributed by atoms with Crippen LogP contribution >= 0.6 is 0 Å². The number of carbonyl (C=O) groups excluding carboxylic acids is 2. The molecule has 1 aromatic rings. The second-order valence-corrected chi connectivity index (χ2v) is 2.87. The minimum Gasteiger partial charge on any atom is -0.508 e. The Labute approximate surface area is 81.6 Å². The van der Waals surface area contributed by atoms with Crippen molar-refractivity contribution in [3.63, 3.8) is 0 Å². The second kappa shape index (κ2) is 4.41. The van der Waals surface area contributed by atoms with Crippen molar-refractivity contribution in [1.29, 1.82) is 0 Å². The topological polar surface area (TPSA) is 66.4 Å². The lowest BCUT2D eigenvalue weighted by molar-refractivity contribution is -0.136. The first-order chi connectivity index (χ1) is 6.61. The van der Waals surface area contributed by atoms with Crippen molar-refractivity contribution in [2.45, 2.75) is 13.5 Å². The van der Waals surface area contributed by atoms with E-state index < -0.39 is 11.7 Å². The molecule has 1 rings (SSSR count). The molecule has 0 spiro atoms. The first-order valence-electron chi connectivity index (χ1n) is 4.17. The first-order valence-corrected chi connectivity index (χ1v) is 4.17. The van der Waals surface area contributed by atoms with Crippen LogP contribution in [0.5, 0.6) is 5.75 Å². The first kappa shape index (κ1) is 10.2. The SMILES string of the molecule is CC(=O)C(=O)NCc1ccccc1O. The molecule has 14 heavy (non-hydrogen) atoms. The van der Waals surface area contributed by atoms with Gasteiger partial charge in [-0.2, -0.15) is 0 Å². The van der Waals surface area contributed by atoms with Crippen molar-refractivity contribution >= 4 is 11.7 Å². The predicted octanol–water partition coefficient (Wildman–Crippen LogP) is 0.597. The number of aromatic hydroxyl groups is 1. The average molecular weight is 193 g/mol. The third-order valence-electron chi connectivity index (χ3n) is 1.75. The molecule has 4 nitrogen and oxygen atoms in total. The van der Waals surface area contributed by atoms with E-state index in [4.69, 9.17) is 0 Å². The highest BCUT2D eigenvalue weighted by Gasteiger charge is 2.07. The molecular formula is C10H11NO3. The highest BCUT2D eigenvalue weighted by molar-refractivity contribution is 6.35. The van der Waals surface area contributed by atoms with Gasteiger partial charge in [-0.15, -0.1) is 0 Å². The molecule has 0 aromatic heterocycles. The van der Waals surface area contributed by atoms with E-state index in [9.17, 15) is 14.7 Å². The van der Waals surface area contributed by atoms with Gasteiger partial charge in [-0.1, -0.05) is 18.2 Å². The van der Waals surface area contributed by atoms with Crippen LogP contribution in [-0.2, 0) is 16.1 Å². The third kappa shape index (κ3) is 2.58. The summed E-state index contributed by atoms with van der Waals surface area (Å²) in [5.41, 5.74) is 0.585. The van der Waals surface area contributed by atoms with Crippen LogP contribution in [-0.4, -0.2) is 16.8 Å². The minimum absolute atomic E-state index is 0.108. The summed E-state index contributed by atoms with van der Waals surface area (Å²) in [6.45, 7) is 1.35. The van der Waals surface area contributed by atoms with Crippen LogP contribution in [0.3, 0.4) is 0 Å². The van der Waals surface area contributed by atoms with Gasteiger partial charge in [0.2, 0.25) is 5.78 Å². The quantitative estimate of drug-likeness (QED) is 0.691. The zero-order chi connectivity index (χ0) is 10.6. The van der Waals surface area contributed by atoms with Crippen molar-refractivity contribution in [2.75, 3.05) is 0 Å². The number of nitrogens with one attached hydrogen (secondary N) is 1. The van der Waals surface area contributed by atoms with Crippen LogP contribution in [0.1, 0.15) is 12.5 Å². The van der Waals surface area contributed by atoms with Crippen LogP contribution in [0.4, 0.5) is 0 Å². The molecule has 74 valence electrons. The molecule has 0 aliphatic heterocycles. The van der Waals surface area contributed by atoms with Crippen LogP contribution < -0.4 is 5.32 Å². The van der Waals surface area contributed by atoms with Crippen LogP contribution in [0.15, 0.2) is 24.3 Å². The summed E-state index contributed by atoms with van der Waals surface area (Å²) < 4.78 is 0. The Morgan fingerprint density at radius 3 is 2.57 bits per heavy atom. The number of benzene rings is 1. The van der Waals surface area contributed by atoms with E-state index in [-0.39, 0.29) is 12.3 Å². The van der Waals surface area contributed by atoms with E-state index in [1.807, 2.05) is 0 Å². The predicted molar refractivity (Wildman–Crippen MR) is 50.6 cm³/mol. The molecule has 1 aromatic carbocycles. The van der Waals surface area contributed by atoms with E-state index in [1.165, 1.54) is 13.0 Å². The molecule has 0 bridgehead atoms. The zero-order valence-electron chi connectivity index (χ0n) is 7.78. The minimum atomic E-state index is -0.645. The smallest absolute Gasteiger partial charge is 0.287 e. The van der Waals surface area contributed by atoms with E-state index in [0.29, 0.717) is 5.56 Å². The lowest BCUT2D eigenvalue weighted by Crippen LogP contribution is -2.28. The lowest BCUT2D eigenvalue weighted by atomic mass is 10.2. The Morgan fingerprint density at radius 2 is 2.00 bits per heavy atom. The molecule has 4 heteroatoms. The summed E-state index contributed by atoms with van der Waals surface area (Å²) in [4.78, 5) is 21.5. The molecule has 0 aliphatic carbocycles. The molecular weight excluding hydrogens is 182 g/mol. The largest absolute Gasteiger partial charge is 0.508 e. The van der Waals surface area contributed by atoms with Gasteiger partial charge < -0.3 is 10.4 Å². The van der Waals surface area contributed by atoms with E-state index >= 15 is 0 Å². The highest BCUT2D eigenvalue weighted by atomic mass is 16.3. The number of phenolic OH excluding ortho intramolecular Hbond substituents is 1. The second-order valence-electron chi connectivity index (χ2n) is 2.87. The van der Waals surface area contributed by atoms with Crippen LogP contribution in [0.2, 0.25) is 0 Å². The number of amides is 1. The Hall–Kier alpha value is -1.84. The monoisotopic (exact) mass is 193 g/mol. The number of para-hydroxylation sites is 1. The van der Waals surface area contributed by atoms with Crippen molar-refractivity contribution < 1.29 is 14.7 Å². The van der Waals surface area contributed by atoms with Crippen molar-refractivity contribution in [3.8, 4) is 5.75 Å². The Kier molecular flexibility index (Phi) is 3.23. The van der Waals surface area contributed by atoms with Gasteiger partial charge in [0.1, 0.15) is 5.75 Å². The molecule has 0 fully saturated rings. The fraction of sp³-hybridized carbons (Fsp3) is 0.200. The van der Waals surface area contributed by atoms with Crippen molar-refractivity contribution in [1.82, 2.24) is 5.32 Å². The van der Waals surface area contributed by atoms with Gasteiger partial charge in [-0.05, 0) is 6.07 Å². The summed E-state index contributed by atoms with van der Waals surface area (Å²) in [6.07, 6.45) is 0. The van der Waals surface area contributed by atoms with Gasteiger partial charge in [-0.3, -0.25) is 9.59 Å². The van der Waals surface area contributed by atoms with E-state index in [1.54, 1.807) is 18.2 Å². The molecule has 0 saturated heterocycles. The number of ketones is 1. The van der Waals surface area contributed by atoms with E-state index in [2.05, 4.69) is 5.32 Å². The number of carbonyl (C=O) groups is 2. The maximum absolute atomic E-state index is 10.9. The molecule has 0 heterocycles. The number of Topliss-reactive ketones (excluding diaryl/α,β-unsaturated/α-hetero) is 1. The Bertz CT molecular complexity index is 360. The van der Waals surface area contributed by atoms with Gasteiger partial charge in [0.25, 0.3) is 5.91 Å². The summed E-state index contributed by atoms with van der Waals surface area (Å²) in [5, 5.41) is 11.7. The molecule has 0 saturated carbocycles.